The van der Waals surface area contributed by atoms with Crippen LogP contribution >= 0.6 is 0 Å². The summed E-state index contributed by atoms with van der Waals surface area (Å²) in [6, 6.07) is 10.7. The molecule has 2 N–H and O–H groups in total. The number of rotatable bonds is 3. The molecule has 0 unspecified atom stereocenters. The van der Waals surface area contributed by atoms with Crippen LogP contribution in [-0.2, 0) is 6.54 Å². The zero-order valence-electron chi connectivity index (χ0n) is 11.9. The van der Waals surface area contributed by atoms with E-state index >= 15 is 0 Å². The smallest absolute Gasteiger partial charge is 0.272 e. The summed E-state index contributed by atoms with van der Waals surface area (Å²) in [5, 5.41) is 3.63. The molecule has 1 aliphatic carbocycles. The molecule has 0 spiro atoms. The number of hydrogen-bond acceptors (Lipinski definition) is 2. The van der Waals surface area contributed by atoms with Crippen LogP contribution in [0.2, 0.25) is 0 Å². The number of nitrogens with zero attached hydrogens (tertiary/aromatic N) is 1. The predicted octanol–water partition coefficient (Wildman–Crippen LogP) is 2.81. The van der Waals surface area contributed by atoms with Crippen molar-refractivity contribution in [1.82, 2.24) is 14.7 Å². The van der Waals surface area contributed by atoms with Crippen LogP contribution in [0.1, 0.15) is 31.2 Å². The first-order valence-electron chi connectivity index (χ1n) is 7.67. The quantitative estimate of drug-likeness (QED) is 0.775. The molecule has 1 aliphatic rings. The van der Waals surface area contributed by atoms with Gasteiger partial charge in [0.25, 0.3) is 5.56 Å². The second-order valence-electron chi connectivity index (χ2n) is 5.93. The van der Waals surface area contributed by atoms with Gasteiger partial charge in [0.2, 0.25) is 0 Å². The first kappa shape index (κ1) is 12.7. The van der Waals surface area contributed by atoms with Gasteiger partial charge >= 0.3 is 0 Å². The molecule has 0 saturated heterocycles. The van der Waals surface area contributed by atoms with Gasteiger partial charge in [0.05, 0.1) is 11.0 Å². The Morgan fingerprint density at radius 3 is 2.90 bits per heavy atom. The van der Waals surface area contributed by atoms with Gasteiger partial charge in [0.1, 0.15) is 5.52 Å². The first-order valence-corrected chi connectivity index (χ1v) is 7.67. The molecule has 0 amide bonds. The van der Waals surface area contributed by atoms with Crippen molar-refractivity contribution in [2.45, 2.75) is 38.3 Å². The van der Waals surface area contributed by atoms with Crippen molar-refractivity contribution in [2.75, 3.05) is 0 Å². The van der Waals surface area contributed by atoms with E-state index in [-0.39, 0.29) is 5.56 Å². The second kappa shape index (κ2) is 5.04. The highest BCUT2D eigenvalue weighted by Crippen LogP contribution is 2.19. The van der Waals surface area contributed by atoms with Crippen molar-refractivity contribution in [3.63, 3.8) is 0 Å². The lowest BCUT2D eigenvalue weighted by Gasteiger charge is -2.12. The van der Waals surface area contributed by atoms with E-state index in [9.17, 15) is 4.79 Å². The SMILES string of the molecule is O=c1[nH]c2ccc(CNC3CCCC3)cc2n2cccc12. The summed E-state index contributed by atoms with van der Waals surface area (Å²) in [5.74, 6) is 0. The summed E-state index contributed by atoms with van der Waals surface area (Å²) in [7, 11) is 0. The number of aromatic nitrogens is 2. The van der Waals surface area contributed by atoms with Crippen molar-refractivity contribution in [1.29, 1.82) is 0 Å². The van der Waals surface area contributed by atoms with Crippen LogP contribution in [0.4, 0.5) is 0 Å². The van der Waals surface area contributed by atoms with Gasteiger partial charge in [0, 0.05) is 18.8 Å². The molecule has 2 aromatic heterocycles. The summed E-state index contributed by atoms with van der Waals surface area (Å²) < 4.78 is 1.97. The topological polar surface area (TPSA) is 49.3 Å². The van der Waals surface area contributed by atoms with Crippen LogP contribution in [-0.4, -0.2) is 15.4 Å². The van der Waals surface area contributed by atoms with E-state index in [4.69, 9.17) is 0 Å². The molecule has 108 valence electrons. The third-order valence-corrected chi connectivity index (χ3v) is 4.50. The van der Waals surface area contributed by atoms with Crippen LogP contribution in [0, 0.1) is 0 Å². The Morgan fingerprint density at radius 2 is 2.05 bits per heavy atom. The average Bonchev–Trinajstić information content (AvgIpc) is 3.17. The van der Waals surface area contributed by atoms with Crippen LogP contribution < -0.4 is 10.9 Å². The normalized spacial score (nSPS) is 16.2. The Bertz CT molecular complexity index is 840. The summed E-state index contributed by atoms with van der Waals surface area (Å²) in [4.78, 5) is 14.9. The number of hydrogen-bond donors (Lipinski definition) is 2. The summed E-state index contributed by atoms with van der Waals surface area (Å²) in [5.41, 5.74) is 3.86. The van der Waals surface area contributed by atoms with E-state index in [0.29, 0.717) is 11.6 Å². The van der Waals surface area contributed by atoms with Gasteiger partial charge in [-0.1, -0.05) is 18.9 Å². The largest absolute Gasteiger partial charge is 0.319 e. The summed E-state index contributed by atoms with van der Waals surface area (Å²) >= 11 is 0. The fourth-order valence-electron chi connectivity index (χ4n) is 3.35. The molecule has 4 heteroatoms. The molecule has 0 bridgehead atoms. The Labute approximate surface area is 122 Å². The maximum absolute atomic E-state index is 11.9. The van der Waals surface area contributed by atoms with Crippen molar-refractivity contribution in [3.8, 4) is 0 Å². The molecule has 1 aromatic carbocycles. The Hall–Kier alpha value is -2.07. The van der Waals surface area contributed by atoms with Crippen LogP contribution in [0.25, 0.3) is 16.6 Å². The lowest BCUT2D eigenvalue weighted by Crippen LogP contribution is -2.25. The highest BCUT2D eigenvalue weighted by Gasteiger charge is 2.14. The highest BCUT2D eigenvalue weighted by atomic mass is 16.1. The van der Waals surface area contributed by atoms with E-state index in [1.807, 2.05) is 28.8 Å². The Balaban J connectivity index is 1.71. The molecule has 0 radical (unpaired) electrons. The van der Waals surface area contributed by atoms with E-state index in [0.717, 1.165) is 17.6 Å². The molecule has 3 aromatic rings. The molecule has 4 nitrogen and oxygen atoms in total. The third kappa shape index (κ3) is 2.25. The van der Waals surface area contributed by atoms with E-state index < -0.39 is 0 Å². The lowest BCUT2D eigenvalue weighted by atomic mass is 10.1. The summed E-state index contributed by atoms with van der Waals surface area (Å²) in [6.07, 6.45) is 7.23. The van der Waals surface area contributed by atoms with Crippen LogP contribution in [0.5, 0.6) is 0 Å². The maximum Gasteiger partial charge on any atom is 0.272 e. The summed E-state index contributed by atoms with van der Waals surface area (Å²) in [6.45, 7) is 0.891. The number of H-pyrrole nitrogens is 1. The van der Waals surface area contributed by atoms with Crippen molar-refractivity contribution < 1.29 is 0 Å². The van der Waals surface area contributed by atoms with Gasteiger partial charge in [0.15, 0.2) is 0 Å². The fraction of sp³-hybridized carbons (Fsp3) is 0.353. The lowest BCUT2D eigenvalue weighted by molar-refractivity contribution is 0.524. The molecule has 21 heavy (non-hydrogen) atoms. The minimum absolute atomic E-state index is 0.0377. The Morgan fingerprint density at radius 1 is 1.19 bits per heavy atom. The zero-order valence-corrected chi connectivity index (χ0v) is 11.9. The van der Waals surface area contributed by atoms with Gasteiger partial charge in [-0.3, -0.25) is 4.79 Å². The molecular weight excluding hydrogens is 262 g/mol. The van der Waals surface area contributed by atoms with Gasteiger partial charge < -0.3 is 14.7 Å². The number of nitrogens with one attached hydrogen (secondary N) is 2. The van der Waals surface area contributed by atoms with Crippen LogP contribution in [0.15, 0.2) is 41.3 Å². The Kier molecular flexibility index (Phi) is 3.04. The van der Waals surface area contributed by atoms with E-state index in [2.05, 4.69) is 22.4 Å². The van der Waals surface area contributed by atoms with Crippen molar-refractivity contribution >= 4 is 16.6 Å². The molecule has 2 heterocycles. The molecule has 1 fully saturated rings. The second-order valence-corrected chi connectivity index (χ2v) is 5.93. The molecule has 0 aliphatic heterocycles. The van der Waals surface area contributed by atoms with Gasteiger partial charge in [-0.15, -0.1) is 0 Å². The monoisotopic (exact) mass is 281 g/mol. The zero-order chi connectivity index (χ0) is 14.2. The number of fused-ring (bicyclic) bond motifs is 3. The fourth-order valence-corrected chi connectivity index (χ4v) is 3.35. The van der Waals surface area contributed by atoms with E-state index in [1.54, 1.807) is 0 Å². The third-order valence-electron chi connectivity index (χ3n) is 4.50. The highest BCUT2D eigenvalue weighted by molar-refractivity contribution is 5.78. The van der Waals surface area contributed by atoms with Gasteiger partial charge in [-0.05, 0) is 42.7 Å². The number of benzene rings is 1. The minimum Gasteiger partial charge on any atom is -0.319 e. The van der Waals surface area contributed by atoms with Crippen LogP contribution in [0.3, 0.4) is 0 Å². The van der Waals surface area contributed by atoms with Crippen molar-refractivity contribution in [3.05, 3.63) is 52.4 Å². The first-order chi connectivity index (χ1) is 10.3. The minimum atomic E-state index is -0.0377. The maximum atomic E-state index is 11.9. The molecule has 1 saturated carbocycles. The molecular formula is C17H19N3O. The average molecular weight is 281 g/mol. The standard InChI is InChI=1S/C17H19N3O/c21-17-15-6-3-9-20(15)16-10-12(7-8-14(16)19-17)11-18-13-4-1-2-5-13/h3,6-10,13,18H,1-2,4-5,11H2,(H,19,21). The van der Waals surface area contributed by atoms with E-state index in [1.165, 1.54) is 31.2 Å². The predicted molar refractivity (Wildman–Crippen MR) is 84.6 cm³/mol. The van der Waals surface area contributed by atoms with Crippen molar-refractivity contribution in [2.24, 2.45) is 0 Å². The number of aromatic amines is 1. The molecule has 4 rings (SSSR count). The van der Waals surface area contributed by atoms with Gasteiger partial charge in [-0.2, -0.15) is 0 Å². The molecule has 0 atom stereocenters. The van der Waals surface area contributed by atoms with Gasteiger partial charge in [-0.25, -0.2) is 0 Å².